The molecule has 0 saturated carbocycles. The molecule has 9 heteroatoms. The molecule has 9 nitrogen and oxygen atoms in total. The van der Waals surface area contributed by atoms with E-state index < -0.39 is 0 Å². The number of hydrogen-bond acceptors (Lipinski definition) is 3. The zero-order valence-corrected chi connectivity index (χ0v) is 36.4. The molecule has 316 valence electrons. The van der Waals surface area contributed by atoms with Crippen molar-refractivity contribution in [3.05, 3.63) is 245 Å². The lowest BCUT2D eigenvalue weighted by atomic mass is 10.00. The fourth-order valence-corrected chi connectivity index (χ4v) is 9.56. The summed E-state index contributed by atoms with van der Waals surface area (Å²) in [6, 6.07) is 66.1. The third-order valence-corrected chi connectivity index (χ3v) is 12.6. The number of nitriles is 2. The van der Waals surface area contributed by atoms with Crippen LogP contribution in [0.15, 0.2) is 188 Å². The van der Waals surface area contributed by atoms with Crippen LogP contribution < -0.4 is 4.90 Å². The smallest absolute Gasteiger partial charge is 0.201 e. The summed E-state index contributed by atoms with van der Waals surface area (Å²) < 4.78 is 3.91. The highest BCUT2D eigenvalue weighted by Crippen LogP contribution is 2.46. The molecule has 0 fully saturated rings. The quantitative estimate of drug-likeness (QED) is 0.150. The number of rotatable bonds is 7. The molecule has 0 aliphatic heterocycles. The minimum Gasteiger partial charge on any atom is -0.329 e. The van der Waals surface area contributed by atoms with Crippen LogP contribution in [-0.4, -0.2) is 9.13 Å². The van der Waals surface area contributed by atoms with Crippen molar-refractivity contribution in [3.8, 4) is 45.8 Å². The Hall–Kier alpha value is -10.7. The molecular weight excluding hydrogens is 847 g/mol. The van der Waals surface area contributed by atoms with Crippen molar-refractivity contribution < 1.29 is 0 Å². The van der Waals surface area contributed by atoms with Gasteiger partial charge in [-0.1, -0.05) is 103 Å². The number of nitrogens with zero attached hydrogens (tertiary/aromatic N) is 9. The Morgan fingerprint density at radius 1 is 0.377 bits per heavy atom. The van der Waals surface area contributed by atoms with Crippen LogP contribution in [0.25, 0.3) is 96.6 Å². The number of para-hydroxylation sites is 2. The largest absolute Gasteiger partial charge is 0.329 e. The van der Waals surface area contributed by atoms with E-state index in [0.29, 0.717) is 11.4 Å². The molecule has 0 aliphatic rings. The highest BCUT2D eigenvalue weighted by molar-refractivity contribution is 6.13. The van der Waals surface area contributed by atoms with Gasteiger partial charge in [0, 0.05) is 44.2 Å². The number of benzene rings is 9. The van der Waals surface area contributed by atoms with Gasteiger partial charge in [0.15, 0.2) is 5.69 Å². The van der Waals surface area contributed by atoms with Crippen LogP contribution in [0, 0.1) is 49.0 Å². The minimum atomic E-state index is 0.211. The van der Waals surface area contributed by atoms with Crippen molar-refractivity contribution in [2.75, 3.05) is 4.90 Å². The first-order valence-electron chi connectivity index (χ1n) is 21.7. The predicted octanol–water partition coefficient (Wildman–Crippen LogP) is 16.6. The maximum absolute atomic E-state index is 10.4. The van der Waals surface area contributed by atoms with Crippen LogP contribution in [0.4, 0.5) is 39.8 Å². The Balaban J connectivity index is 1.12. The van der Waals surface area contributed by atoms with Crippen molar-refractivity contribution in [1.82, 2.24) is 9.13 Å². The molecule has 2 aromatic heterocycles. The maximum atomic E-state index is 10.4. The van der Waals surface area contributed by atoms with Gasteiger partial charge in [-0.3, -0.25) is 0 Å². The van der Waals surface area contributed by atoms with Crippen molar-refractivity contribution in [1.29, 1.82) is 10.5 Å². The fraction of sp³-hybridized carbons (Fsp3) is 0. The van der Waals surface area contributed by atoms with E-state index in [1.54, 1.807) is 0 Å². The van der Waals surface area contributed by atoms with Gasteiger partial charge in [-0.05, 0) is 107 Å². The molecule has 0 radical (unpaired) electrons. The Morgan fingerprint density at radius 2 is 0.812 bits per heavy atom. The second kappa shape index (κ2) is 16.7. The number of anilines is 3. The first kappa shape index (κ1) is 41.1. The van der Waals surface area contributed by atoms with E-state index in [1.165, 1.54) is 24.3 Å². The maximum Gasteiger partial charge on any atom is 0.201 e. The topological polar surface area (TPSA) is 78.1 Å². The molecule has 11 aromatic rings. The van der Waals surface area contributed by atoms with E-state index in [2.05, 4.69) is 109 Å². The summed E-state index contributed by atoms with van der Waals surface area (Å²) >= 11 is 0. The SMILES string of the molecule is [C-]#[N+]c1cc(C#N)c(-n2c3ccccc3c3cc(N(c4ccc(-c5ccc(-c6ccccc6)cc5)cc4)c4ccc5c(c4)c4ccccc4n5-c4c([N+]#[C-])cc(C#N)cc4[N+]#[C-])ccc32)c([N+]#[C-])c1. The molecule has 0 amide bonds. The van der Waals surface area contributed by atoms with E-state index in [-0.39, 0.29) is 33.9 Å². The van der Waals surface area contributed by atoms with Crippen LogP contribution in [0.5, 0.6) is 0 Å². The van der Waals surface area contributed by atoms with E-state index in [1.807, 2.05) is 100 Å². The molecule has 0 aliphatic carbocycles. The average molecular weight is 878 g/mol. The van der Waals surface area contributed by atoms with Gasteiger partial charge in [0.1, 0.15) is 0 Å². The fourth-order valence-electron chi connectivity index (χ4n) is 9.56. The van der Waals surface area contributed by atoms with Gasteiger partial charge in [0.05, 0.1) is 77.4 Å². The zero-order chi connectivity index (χ0) is 47.2. The summed E-state index contributed by atoms with van der Waals surface area (Å²) in [6.45, 7) is 32.0. The van der Waals surface area contributed by atoms with Crippen LogP contribution in [-0.2, 0) is 0 Å². The van der Waals surface area contributed by atoms with Gasteiger partial charge < -0.3 is 14.0 Å². The van der Waals surface area contributed by atoms with Crippen LogP contribution in [0.2, 0.25) is 0 Å². The Labute approximate surface area is 396 Å². The summed E-state index contributed by atoms with van der Waals surface area (Å²) in [4.78, 5) is 17.2. The third-order valence-electron chi connectivity index (χ3n) is 12.6. The van der Waals surface area contributed by atoms with Crippen molar-refractivity contribution in [3.63, 3.8) is 0 Å². The molecule has 11 rings (SSSR count). The van der Waals surface area contributed by atoms with Crippen LogP contribution in [0.3, 0.4) is 0 Å². The number of hydrogen-bond donors (Lipinski definition) is 0. The molecule has 69 heavy (non-hydrogen) atoms. The van der Waals surface area contributed by atoms with Gasteiger partial charge in [-0.2, -0.15) is 10.5 Å². The molecule has 0 atom stereocenters. The monoisotopic (exact) mass is 877 g/mol. The third kappa shape index (κ3) is 6.74. The molecule has 2 heterocycles. The molecular formula is C60H31N9. The van der Waals surface area contributed by atoms with Gasteiger partial charge in [0.25, 0.3) is 0 Å². The highest BCUT2D eigenvalue weighted by Gasteiger charge is 2.24. The number of aromatic nitrogens is 2. The Kier molecular flexibility index (Phi) is 9.94. The van der Waals surface area contributed by atoms with E-state index >= 15 is 0 Å². The molecule has 0 saturated heterocycles. The molecule has 0 N–H and O–H groups in total. The summed E-state index contributed by atoms with van der Waals surface area (Å²) in [5, 5.41) is 23.8. The Bertz CT molecular complexity index is 3910. The van der Waals surface area contributed by atoms with E-state index in [4.69, 9.17) is 26.3 Å². The summed E-state index contributed by atoms with van der Waals surface area (Å²) in [5.41, 5.74) is 12.4. The highest BCUT2D eigenvalue weighted by atomic mass is 15.1. The molecule has 9 aromatic carbocycles. The first-order valence-corrected chi connectivity index (χ1v) is 21.7. The van der Waals surface area contributed by atoms with Crippen molar-refractivity contribution in [2.45, 2.75) is 0 Å². The normalized spacial score (nSPS) is 10.8. The standard InChI is InChI=1S/C60H31N9/c1-63-44-32-43(37-62)59(54(33-44)66-4)68-55-16-10-8-14-48(55)50-34-46(26-28-57(50)68)67(45-24-22-42(23-25-45)41-20-18-40(19-21-41)39-12-6-5-7-13-39)47-27-29-58-51(35-47)49-15-9-11-17-56(49)69(58)60-52(64-2)30-38(36-61)31-53(60)65-3/h5-35H. The van der Waals surface area contributed by atoms with Crippen LogP contribution >= 0.6 is 0 Å². The second-order valence-electron chi connectivity index (χ2n) is 16.3. The summed E-state index contributed by atoms with van der Waals surface area (Å²) in [6.07, 6.45) is 0. The van der Waals surface area contributed by atoms with Crippen LogP contribution in [0.1, 0.15) is 11.1 Å². The number of fused-ring (bicyclic) bond motifs is 6. The molecule has 0 bridgehead atoms. The molecule has 0 spiro atoms. The second-order valence-corrected chi connectivity index (χ2v) is 16.3. The summed E-state index contributed by atoms with van der Waals surface area (Å²) in [7, 11) is 0. The van der Waals surface area contributed by atoms with Gasteiger partial charge in [-0.15, -0.1) is 0 Å². The van der Waals surface area contributed by atoms with Crippen molar-refractivity contribution in [2.24, 2.45) is 0 Å². The molecule has 0 unspecified atom stereocenters. The zero-order valence-electron chi connectivity index (χ0n) is 36.4. The van der Waals surface area contributed by atoms with E-state index in [9.17, 15) is 10.5 Å². The lowest BCUT2D eigenvalue weighted by molar-refractivity contribution is 1.17. The Morgan fingerprint density at radius 3 is 1.30 bits per heavy atom. The predicted molar refractivity (Wildman–Crippen MR) is 275 cm³/mol. The lowest BCUT2D eigenvalue weighted by Crippen LogP contribution is -2.10. The van der Waals surface area contributed by atoms with Crippen molar-refractivity contribution >= 4 is 83.4 Å². The van der Waals surface area contributed by atoms with E-state index in [0.717, 1.165) is 82.9 Å². The minimum absolute atomic E-state index is 0.211. The van der Waals surface area contributed by atoms with Gasteiger partial charge >= 0.3 is 0 Å². The first-order chi connectivity index (χ1) is 33.9. The summed E-state index contributed by atoms with van der Waals surface area (Å²) in [5.74, 6) is 0. The van der Waals surface area contributed by atoms with Gasteiger partial charge in [0.2, 0.25) is 17.1 Å². The lowest BCUT2D eigenvalue weighted by Gasteiger charge is -2.26. The average Bonchev–Trinajstić information content (AvgIpc) is 3.92. The van der Waals surface area contributed by atoms with Gasteiger partial charge in [-0.25, -0.2) is 19.4 Å².